The van der Waals surface area contributed by atoms with Gasteiger partial charge >= 0.3 is 0 Å². The van der Waals surface area contributed by atoms with Crippen LogP contribution in [0.4, 0.5) is 0 Å². The van der Waals surface area contributed by atoms with E-state index < -0.39 is 0 Å². The summed E-state index contributed by atoms with van der Waals surface area (Å²) < 4.78 is 2.00. The highest BCUT2D eigenvalue weighted by Crippen LogP contribution is 2.30. The van der Waals surface area contributed by atoms with Crippen molar-refractivity contribution < 1.29 is 4.79 Å². The Morgan fingerprint density at radius 1 is 1.14 bits per heavy atom. The molecule has 0 spiro atoms. The summed E-state index contributed by atoms with van der Waals surface area (Å²) in [5.74, 6) is 1.58. The minimum Gasteiger partial charge on any atom is -0.355 e. The van der Waals surface area contributed by atoms with Gasteiger partial charge in [-0.2, -0.15) is 0 Å². The summed E-state index contributed by atoms with van der Waals surface area (Å²) in [5, 5.41) is 13.1. The largest absolute Gasteiger partial charge is 0.355 e. The van der Waals surface area contributed by atoms with Gasteiger partial charge in [0.25, 0.3) is 0 Å². The van der Waals surface area contributed by atoms with Gasteiger partial charge in [0.2, 0.25) is 5.91 Å². The number of benzene rings is 2. The molecule has 0 atom stereocenters. The lowest BCUT2D eigenvalue weighted by atomic mass is 10.1. The van der Waals surface area contributed by atoms with E-state index in [0.717, 1.165) is 29.1 Å². The summed E-state index contributed by atoms with van der Waals surface area (Å²) in [6, 6.07) is 15.6. The van der Waals surface area contributed by atoms with Gasteiger partial charge in [0, 0.05) is 17.1 Å². The van der Waals surface area contributed by atoms with Crippen molar-refractivity contribution in [3.05, 3.63) is 59.1 Å². The highest BCUT2D eigenvalue weighted by Gasteiger charge is 2.18. The quantitative estimate of drug-likeness (QED) is 0.504. The molecule has 0 bridgehead atoms. The Bertz CT molecular complexity index is 969. The number of carbonyl (C=O) groups is 1. The summed E-state index contributed by atoms with van der Waals surface area (Å²) in [7, 11) is 0. The van der Waals surface area contributed by atoms with Gasteiger partial charge in [-0.15, -0.1) is 10.2 Å². The van der Waals surface area contributed by atoms with Crippen molar-refractivity contribution in [3.63, 3.8) is 0 Å². The number of amides is 1. The fraction of sp³-hybridized carbons (Fsp3) is 0.318. The molecule has 5 nitrogen and oxygen atoms in total. The van der Waals surface area contributed by atoms with E-state index in [1.54, 1.807) is 0 Å². The van der Waals surface area contributed by atoms with E-state index in [2.05, 4.69) is 29.4 Å². The Morgan fingerprint density at radius 3 is 2.55 bits per heavy atom. The Kier molecular flexibility index (Phi) is 7.34. The first-order chi connectivity index (χ1) is 14.0. The molecule has 0 saturated carbocycles. The number of aryl methyl sites for hydroxylation is 1. The Morgan fingerprint density at radius 2 is 1.86 bits per heavy atom. The van der Waals surface area contributed by atoms with E-state index in [4.69, 9.17) is 11.6 Å². The van der Waals surface area contributed by atoms with Gasteiger partial charge in [-0.1, -0.05) is 55.4 Å². The Balaban J connectivity index is 1.87. The second-order valence-electron chi connectivity index (χ2n) is 7.26. The molecule has 7 heteroatoms. The summed E-state index contributed by atoms with van der Waals surface area (Å²) >= 11 is 7.43. The maximum atomic E-state index is 12.2. The average molecular weight is 429 g/mol. The Labute approximate surface area is 180 Å². The van der Waals surface area contributed by atoms with Crippen LogP contribution in [-0.4, -0.2) is 33.0 Å². The van der Waals surface area contributed by atoms with Gasteiger partial charge in [0.05, 0.1) is 11.4 Å². The summed E-state index contributed by atoms with van der Waals surface area (Å²) in [4.78, 5) is 12.2. The van der Waals surface area contributed by atoms with Crippen molar-refractivity contribution in [2.75, 3.05) is 12.3 Å². The SMILES string of the molecule is Cc1ccccc1-n1c(SCC(=O)NCCC(C)C)nnc1-c1ccc(Cl)cc1. The van der Waals surface area contributed by atoms with Crippen LogP contribution >= 0.6 is 23.4 Å². The van der Waals surface area contributed by atoms with Crippen LogP contribution in [0.5, 0.6) is 0 Å². The number of aromatic nitrogens is 3. The topological polar surface area (TPSA) is 59.8 Å². The van der Waals surface area contributed by atoms with Crippen LogP contribution in [0.25, 0.3) is 17.1 Å². The molecule has 1 amide bonds. The molecule has 0 aliphatic carbocycles. The second-order valence-corrected chi connectivity index (χ2v) is 8.64. The highest BCUT2D eigenvalue weighted by molar-refractivity contribution is 7.99. The smallest absolute Gasteiger partial charge is 0.230 e. The average Bonchev–Trinajstić information content (AvgIpc) is 3.11. The minimum atomic E-state index is 0.00280. The van der Waals surface area contributed by atoms with Crippen LogP contribution in [0.1, 0.15) is 25.8 Å². The lowest BCUT2D eigenvalue weighted by Crippen LogP contribution is -2.27. The van der Waals surface area contributed by atoms with Crippen LogP contribution in [0.3, 0.4) is 0 Å². The minimum absolute atomic E-state index is 0.00280. The van der Waals surface area contributed by atoms with Crippen LogP contribution in [0.2, 0.25) is 5.02 Å². The summed E-state index contributed by atoms with van der Waals surface area (Å²) in [6.07, 6.45) is 0.969. The molecule has 1 aromatic heterocycles. The maximum absolute atomic E-state index is 12.2. The predicted octanol–water partition coefficient (Wildman–Crippen LogP) is 5.15. The first kappa shape index (κ1) is 21.4. The molecule has 2 aromatic carbocycles. The normalized spacial score (nSPS) is 11.1. The van der Waals surface area contributed by atoms with Crippen molar-refractivity contribution >= 4 is 29.3 Å². The van der Waals surface area contributed by atoms with Gasteiger partial charge in [-0.25, -0.2) is 0 Å². The molecule has 3 aromatic rings. The monoisotopic (exact) mass is 428 g/mol. The van der Waals surface area contributed by atoms with Crippen molar-refractivity contribution in [2.45, 2.75) is 32.3 Å². The number of carbonyl (C=O) groups excluding carboxylic acids is 1. The fourth-order valence-electron chi connectivity index (χ4n) is 2.86. The van der Waals surface area contributed by atoms with E-state index in [1.165, 1.54) is 11.8 Å². The number of rotatable bonds is 8. The zero-order chi connectivity index (χ0) is 20.8. The molecule has 0 unspecified atom stereocenters. The molecular formula is C22H25ClN4OS. The van der Waals surface area contributed by atoms with Crippen molar-refractivity contribution in [1.29, 1.82) is 0 Å². The molecule has 1 N–H and O–H groups in total. The van der Waals surface area contributed by atoms with Crippen LogP contribution < -0.4 is 5.32 Å². The van der Waals surface area contributed by atoms with Crippen LogP contribution in [0, 0.1) is 12.8 Å². The van der Waals surface area contributed by atoms with Crippen molar-refractivity contribution in [1.82, 2.24) is 20.1 Å². The van der Waals surface area contributed by atoms with Crippen LogP contribution in [0.15, 0.2) is 53.7 Å². The van der Waals surface area contributed by atoms with Crippen molar-refractivity contribution in [3.8, 4) is 17.1 Å². The number of thioether (sulfide) groups is 1. The maximum Gasteiger partial charge on any atom is 0.230 e. The number of hydrogen-bond acceptors (Lipinski definition) is 4. The molecule has 1 heterocycles. The molecule has 3 rings (SSSR count). The fourth-order valence-corrected chi connectivity index (χ4v) is 3.76. The van der Waals surface area contributed by atoms with Gasteiger partial charge < -0.3 is 5.32 Å². The van der Waals surface area contributed by atoms with E-state index in [1.807, 2.05) is 60.0 Å². The van der Waals surface area contributed by atoms with E-state index in [-0.39, 0.29) is 5.91 Å². The first-order valence-electron chi connectivity index (χ1n) is 9.62. The molecule has 0 aliphatic rings. The van der Waals surface area contributed by atoms with Gasteiger partial charge in [-0.3, -0.25) is 9.36 Å². The second kappa shape index (κ2) is 9.94. The van der Waals surface area contributed by atoms with E-state index >= 15 is 0 Å². The van der Waals surface area contributed by atoms with Crippen LogP contribution in [-0.2, 0) is 4.79 Å². The van der Waals surface area contributed by atoms with E-state index in [0.29, 0.717) is 28.4 Å². The molecule has 0 saturated heterocycles. The third kappa shape index (κ3) is 5.61. The van der Waals surface area contributed by atoms with Gasteiger partial charge in [-0.05, 0) is 55.2 Å². The standard InChI is InChI=1S/C22H25ClN4OS/c1-15(2)12-13-24-20(28)14-29-22-26-25-21(17-8-10-18(23)11-9-17)27(22)19-7-5-4-6-16(19)3/h4-11,15H,12-14H2,1-3H3,(H,24,28). The molecular weight excluding hydrogens is 404 g/mol. The molecule has 152 valence electrons. The molecule has 29 heavy (non-hydrogen) atoms. The summed E-state index contributed by atoms with van der Waals surface area (Å²) in [6.45, 7) is 7.03. The molecule has 0 aliphatic heterocycles. The molecule has 0 fully saturated rings. The zero-order valence-corrected chi connectivity index (χ0v) is 18.4. The van der Waals surface area contributed by atoms with E-state index in [9.17, 15) is 4.79 Å². The Hall–Kier alpha value is -2.31. The number of para-hydroxylation sites is 1. The van der Waals surface area contributed by atoms with Gasteiger partial charge in [0.1, 0.15) is 0 Å². The highest BCUT2D eigenvalue weighted by atomic mass is 35.5. The summed E-state index contributed by atoms with van der Waals surface area (Å²) in [5.41, 5.74) is 3.01. The van der Waals surface area contributed by atoms with Gasteiger partial charge in [0.15, 0.2) is 11.0 Å². The number of nitrogens with one attached hydrogen (secondary N) is 1. The third-order valence-electron chi connectivity index (χ3n) is 4.47. The predicted molar refractivity (Wildman–Crippen MR) is 120 cm³/mol. The lowest BCUT2D eigenvalue weighted by Gasteiger charge is -2.13. The zero-order valence-electron chi connectivity index (χ0n) is 16.9. The number of hydrogen-bond donors (Lipinski definition) is 1. The number of nitrogens with zero attached hydrogens (tertiary/aromatic N) is 3. The molecule has 0 radical (unpaired) electrons. The first-order valence-corrected chi connectivity index (χ1v) is 11.0. The van der Waals surface area contributed by atoms with Crippen molar-refractivity contribution in [2.24, 2.45) is 5.92 Å². The number of halogens is 1. The third-order valence-corrected chi connectivity index (χ3v) is 5.65. The lowest BCUT2D eigenvalue weighted by molar-refractivity contribution is -0.118.